The number of carbonyl (C=O) groups excluding carboxylic acids is 1. The van der Waals surface area contributed by atoms with E-state index in [0.29, 0.717) is 24.9 Å². The van der Waals surface area contributed by atoms with Crippen molar-refractivity contribution in [2.45, 2.75) is 31.8 Å². The summed E-state index contributed by atoms with van der Waals surface area (Å²) < 4.78 is 13.6. The van der Waals surface area contributed by atoms with Gasteiger partial charge in [0, 0.05) is 18.2 Å². The number of carboxylic acids is 1. The van der Waals surface area contributed by atoms with Gasteiger partial charge in [-0.15, -0.1) is 0 Å². The normalized spacial score (nSPS) is 22.0. The maximum atomic E-state index is 13.6. The minimum atomic E-state index is -1.02. The molecule has 1 aromatic rings. The van der Waals surface area contributed by atoms with Gasteiger partial charge in [0.1, 0.15) is 11.9 Å². The Balaban J connectivity index is 2.23. The number of aliphatic carboxylic acids is 1. The first-order valence-electron chi connectivity index (χ1n) is 7.27. The highest BCUT2D eigenvalue weighted by molar-refractivity contribution is 5.96. The van der Waals surface area contributed by atoms with Crippen molar-refractivity contribution < 1.29 is 19.1 Å². The molecule has 1 aromatic carbocycles. The Bertz CT molecular complexity index is 589. The van der Waals surface area contributed by atoms with E-state index in [4.69, 9.17) is 0 Å². The molecule has 0 aliphatic carbocycles. The lowest BCUT2D eigenvalue weighted by molar-refractivity contribution is -0.144. The number of rotatable bonds is 3. The van der Waals surface area contributed by atoms with Gasteiger partial charge in [-0.3, -0.25) is 4.79 Å². The second-order valence-electron chi connectivity index (χ2n) is 5.96. The lowest BCUT2D eigenvalue weighted by Gasteiger charge is -2.39. The fourth-order valence-corrected chi connectivity index (χ4v) is 2.78. The van der Waals surface area contributed by atoms with Gasteiger partial charge in [0.05, 0.1) is 0 Å². The van der Waals surface area contributed by atoms with Crippen LogP contribution in [0.3, 0.4) is 0 Å². The number of likely N-dealkylation sites (tertiary alicyclic amines) is 1. The monoisotopic (exact) mass is 308 g/mol. The molecule has 22 heavy (non-hydrogen) atoms. The molecule has 1 aliphatic rings. The molecule has 1 saturated heterocycles. The minimum absolute atomic E-state index is 0.125. The van der Waals surface area contributed by atoms with E-state index in [0.717, 1.165) is 0 Å². The smallest absolute Gasteiger partial charge is 0.326 e. The molecular weight excluding hydrogens is 287 g/mol. The van der Waals surface area contributed by atoms with Crippen LogP contribution in [0.4, 0.5) is 4.39 Å². The molecule has 0 bridgehead atoms. The van der Waals surface area contributed by atoms with E-state index < -0.39 is 23.7 Å². The lowest BCUT2D eigenvalue weighted by atomic mass is 9.95. The number of piperidine rings is 1. The van der Waals surface area contributed by atoms with Gasteiger partial charge in [-0.2, -0.15) is 0 Å². The first kappa shape index (κ1) is 16.4. The van der Waals surface area contributed by atoms with Gasteiger partial charge >= 0.3 is 5.97 Å². The third kappa shape index (κ3) is 3.27. The molecular formula is C16H21FN2O3. The topological polar surface area (TPSA) is 60.9 Å². The maximum Gasteiger partial charge on any atom is 0.326 e. The number of amides is 1. The van der Waals surface area contributed by atoms with Crippen LogP contribution in [0.15, 0.2) is 18.2 Å². The molecule has 0 aromatic heterocycles. The number of nitrogens with zero attached hydrogens (tertiary/aromatic N) is 2. The van der Waals surface area contributed by atoms with Gasteiger partial charge in [-0.25, -0.2) is 9.18 Å². The molecule has 0 radical (unpaired) electrons. The van der Waals surface area contributed by atoms with Crippen molar-refractivity contribution in [2.24, 2.45) is 0 Å². The number of carboxylic acid groups (broad SMARTS) is 1. The highest BCUT2D eigenvalue weighted by Crippen LogP contribution is 2.23. The van der Waals surface area contributed by atoms with E-state index in [1.165, 1.54) is 23.1 Å². The zero-order chi connectivity index (χ0) is 16.4. The van der Waals surface area contributed by atoms with Crippen LogP contribution in [0, 0.1) is 12.7 Å². The van der Waals surface area contributed by atoms with Crippen molar-refractivity contribution in [3.05, 3.63) is 35.1 Å². The first-order chi connectivity index (χ1) is 10.3. The van der Waals surface area contributed by atoms with Gasteiger partial charge in [-0.1, -0.05) is 6.07 Å². The lowest BCUT2D eigenvalue weighted by Crippen LogP contribution is -2.53. The fourth-order valence-electron chi connectivity index (χ4n) is 2.78. The number of hydrogen-bond acceptors (Lipinski definition) is 3. The summed E-state index contributed by atoms with van der Waals surface area (Å²) in [6.07, 6.45) is 1.08. The van der Waals surface area contributed by atoms with Crippen molar-refractivity contribution in [3.8, 4) is 0 Å². The molecule has 0 spiro atoms. The van der Waals surface area contributed by atoms with Crippen LogP contribution in [0.2, 0.25) is 0 Å². The van der Waals surface area contributed by atoms with Crippen LogP contribution in [-0.2, 0) is 4.79 Å². The second-order valence-corrected chi connectivity index (χ2v) is 5.96. The van der Waals surface area contributed by atoms with Crippen LogP contribution >= 0.6 is 0 Å². The molecule has 2 rings (SSSR count). The standard InChI is InChI=1S/C16H21FN2O3/c1-10-4-5-11(8-13(10)17)15(20)19-7-6-12(18(2)3)9-14(19)16(21)22/h4-5,8,12,14H,6-7,9H2,1-3H3,(H,21,22)/t12-,14-/m0/s1. The Morgan fingerprint density at radius 1 is 1.36 bits per heavy atom. The average molecular weight is 308 g/mol. The van der Waals surface area contributed by atoms with Crippen molar-refractivity contribution in [2.75, 3.05) is 20.6 Å². The summed E-state index contributed by atoms with van der Waals surface area (Å²) in [5, 5.41) is 9.42. The molecule has 1 fully saturated rings. The van der Waals surface area contributed by atoms with Crippen LogP contribution in [0.1, 0.15) is 28.8 Å². The van der Waals surface area contributed by atoms with Gasteiger partial charge in [0.2, 0.25) is 0 Å². The molecule has 0 unspecified atom stereocenters. The van der Waals surface area contributed by atoms with Gasteiger partial charge in [-0.05, 0) is 51.6 Å². The second kappa shape index (κ2) is 6.44. The molecule has 1 heterocycles. The molecule has 6 heteroatoms. The number of hydrogen-bond donors (Lipinski definition) is 1. The largest absolute Gasteiger partial charge is 0.480 e. The van der Waals surface area contributed by atoms with Crippen molar-refractivity contribution >= 4 is 11.9 Å². The van der Waals surface area contributed by atoms with E-state index in [9.17, 15) is 19.1 Å². The van der Waals surface area contributed by atoms with Crippen LogP contribution in [0.5, 0.6) is 0 Å². The van der Waals surface area contributed by atoms with Crippen LogP contribution in [-0.4, -0.2) is 59.5 Å². The highest BCUT2D eigenvalue weighted by atomic mass is 19.1. The zero-order valence-electron chi connectivity index (χ0n) is 13.0. The third-order valence-corrected chi connectivity index (χ3v) is 4.27. The molecule has 2 atom stereocenters. The van der Waals surface area contributed by atoms with Crippen LogP contribution < -0.4 is 0 Å². The summed E-state index contributed by atoms with van der Waals surface area (Å²) in [5.41, 5.74) is 0.648. The van der Waals surface area contributed by atoms with Crippen molar-refractivity contribution in [3.63, 3.8) is 0 Å². The summed E-state index contributed by atoms with van der Waals surface area (Å²) in [5.74, 6) is -1.91. The Morgan fingerprint density at radius 3 is 2.59 bits per heavy atom. The number of benzene rings is 1. The van der Waals surface area contributed by atoms with Crippen LogP contribution in [0.25, 0.3) is 0 Å². The Labute approximate surface area is 129 Å². The number of aryl methyl sites for hydroxylation is 1. The molecule has 1 amide bonds. The molecule has 120 valence electrons. The van der Waals surface area contributed by atoms with E-state index in [-0.39, 0.29) is 11.6 Å². The quantitative estimate of drug-likeness (QED) is 0.924. The average Bonchev–Trinajstić information content (AvgIpc) is 2.48. The van der Waals surface area contributed by atoms with Crippen molar-refractivity contribution in [1.29, 1.82) is 0 Å². The Kier molecular flexibility index (Phi) is 4.81. The Hall–Kier alpha value is -1.95. The van der Waals surface area contributed by atoms with E-state index in [1.807, 2.05) is 19.0 Å². The summed E-state index contributed by atoms with van der Waals surface area (Å²) in [6, 6.07) is 3.50. The molecule has 1 aliphatic heterocycles. The first-order valence-corrected chi connectivity index (χ1v) is 7.27. The fraction of sp³-hybridized carbons (Fsp3) is 0.500. The molecule has 5 nitrogen and oxygen atoms in total. The molecule has 0 saturated carbocycles. The number of carbonyl (C=O) groups is 2. The van der Waals surface area contributed by atoms with E-state index >= 15 is 0 Å². The zero-order valence-corrected chi connectivity index (χ0v) is 13.0. The van der Waals surface area contributed by atoms with Crippen molar-refractivity contribution in [1.82, 2.24) is 9.80 Å². The third-order valence-electron chi connectivity index (χ3n) is 4.27. The minimum Gasteiger partial charge on any atom is -0.480 e. The molecule has 1 N–H and O–H groups in total. The predicted octanol–water partition coefficient (Wildman–Crippen LogP) is 1.75. The van der Waals surface area contributed by atoms with Gasteiger partial charge < -0.3 is 14.9 Å². The predicted molar refractivity (Wildman–Crippen MR) is 80.3 cm³/mol. The summed E-state index contributed by atoms with van der Waals surface area (Å²) >= 11 is 0. The SMILES string of the molecule is Cc1ccc(C(=O)N2CC[C@H](N(C)C)C[C@H]2C(=O)O)cc1F. The summed E-state index contributed by atoms with van der Waals surface area (Å²) in [4.78, 5) is 27.4. The maximum absolute atomic E-state index is 13.6. The summed E-state index contributed by atoms with van der Waals surface area (Å²) in [7, 11) is 3.80. The highest BCUT2D eigenvalue weighted by Gasteiger charge is 2.37. The van der Waals surface area contributed by atoms with Gasteiger partial charge in [0.25, 0.3) is 5.91 Å². The van der Waals surface area contributed by atoms with E-state index in [1.54, 1.807) is 6.92 Å². The van der Waals surface area contributed by atoms with Gasteiger partial charge in [0.15, 0.2) is 0 Å². The van der Waals surface area contributed by atoms with E-state index in [2.05, 4.69) is 0 Å². The Morgan fingerprint density at radius 2 is 2.05 bits per heavy atom. The number of halogens is 1. The summed E-state index contributed by atoms with van der Waals surface area (Å²) in [6.45, 7) is 1.97.